The Balaban J connectivity index is 2.29. The summed E-state index contributed by atoms with van der Waals surface area (Å²) in [4.78, 5) is 11.0. The molecule has 4 nitrogen and oxygen atoms in total. The highest BCUT2D eigenvalue weighted by Gasteiger charge is 2.40. The van der Waals surface area contributed by atoms with Gasteiger partial charge in [0.1, 0.15) is 0 Å². The van der Waals surface area contributed by atoms with Crippen LogP contribution in [0.3, 0.4) is 0 Å². The standard InChI is InChI=1S/C11H22O4Si/c1-5-10(12)13-6-7-16(4)14-8-11(2,3)9-15-16/h5-9H2,1-4H3. The Kier molecular flexibility index (Phi) is 4.52. The van der Waals surface area contributed by atoms with Gasteiger partial charge in [-0.3, -0.25) is 4.79 Å². The van der Waals surface area contributed by atoms with E-state index in [9.17, 15) is 4.79 Å². The third-order valence-electron chi connectivity index (χ3n) is 2.64. The first-order chi connectivity index (χ1) is 7.37. The summed E-state index contributed by atoms with van der Waals surface area (Å²) in [5.74, 6) is -0.159. The Morgan fingerprint density at radius 3 is 2.44 bits per heavy atom. The minimum atomic E-state index is -2.08. The van der Waals surface area contributed by atoms with E-state index >= 15 is 0 Å². The van der Waals surface area contributed by atoms with Crippen molar-refractivity contribution in [3.8, 4) is 0 Å². The van der Waals surface area contributed by atoms with Crippen LogP contribution in [0, 0.1) is 5.41 Å². The zero-order chi connectivity index (χ0) is 12.2. The molecule has 0 aromatic rings. The Morgan fingerprint density at radius 1 is 1.38 bits per heavy atom. The van der Waals surface area contributed by atoms with E-state index < -0.39 is 8.56 Å². The van der Waals surface area contributed by atoms with E-state index in [1.54, 1.807) is 6.92 Å². The molecule has 94 valence electrons. The van der Waals surface area contributed by atoms with Crippen molar-refractivity contribution in [2.24, 2.45) is 5.41 Å². The van der Waals surface area contributed by atoms with Crippen molar-refractivity contribution in [2.45, 2.75) is 39.8 Å². The predicted molar refractivity (Wildman–Crippen MR) is 63.4 cm³/mol. The van der Waals surface area contributed by atoms with Gasteiger partial charge in [0, 0.05) is 31.1 Å². The summed E-state index contributed by atoms with van der Waals surface area (Å²) < 4.78 is 16.7. The third-order valence-corrected chi connectivity index (χ3v) is 5.27. The van der Waals surface area contributed by atoms with Gasteiger partial charge >= 0.3 is 14.5 Å². The molecule has 16 heavy (non-hydrogen) atoms. The lowest BCUT2D eigenvalue weighted by atomic mass is 9.97. The molecule has 1 aliphatic rings. The van der Waals surface area contributed by atoms with Crippen LogP contribution in [0.2, 0.25) is 12.6 Å². The average molecular weight is 246 g/mol. The van der Waals surface area contributed by atoms with Crippen molar-refractivity contribution in [1.82, 2.24) is 0 Å². The van der Waals surface area contributed by atoms with Gasteiger partial charge in [-0.05, 0) is 6.55 Å². The minimum Gasteiger partial charge on any atom is -0.466 e. The number of hydrogen-bond donors (Lipinski definition) is 0. The number of carbonyl (C=O) groups excluding carboxylic acids is 1. The van der Waals surface area contributed by atoms with E-state index in [0.29, 0.717) is 13.0 Å². The first-order valence-corrected chi connectivity index (χ1v) is 8.33. The first kappa shape index (κ1) is 13.7. The summed E-state index contributed by atoms with van der Waals surface area (Å²) in [5.41, 5.74) is 0.104. The lowest BCUT2D eigenvalue weighted by Gasteiger charge is -2.39. The summed E-state index contributed by atoms with van der Waals surface area (Å²) >= 11 is 0. The summed E-state index contributed by atoms with van der Waals surface area (Å²) in [5, 5.41) is 0. The Morgan fingerprint density at radius 2 is 1.94 bits per heavy atom. The zero-order valence-corrected chi connectivity index (χ0v) is 11.7. The second kappa shape index (κ2) is 5.29. The molecule has 0 amide bonds. The van der Waals surface area contributed by atoms with Gasteiger partial charge in [-0.15, -0.1) is 0 Å². The number of carbonyl (C=O) groups is 1. The fourth-order valence-corrected chi connectivity index (χ4v) is 3.61. The maximum atomic E-state index is 11.0. The number of hydrogen-bond acceptors (Lipinski definition) is 4. The summed E-state index contributed by atoms with van der Waals surface area (Å²) in [7, 11) is -2.08. The normalized spacial score (nSPS) is 22.8. The van der Waals surface area contributed by atoms with Gasteiger partial charge in [0.25, 0.3) is 0 Å². The number of esters is 1. The van der Waals surface area contributed by atoms with Crippen LogP contribution < -0.4 is 0 Å². The Labute approximate surface area is 98.5 Å². The molecule has 0 bridgehead atoms. The molecule has 0 unspecified atom stereocenters. The lowest BCUT2D eigenvalue weighted by molar-refractivity contribution is -0.142. The van der Waals surface area contributed by atoms with Crippen molar-refractivity contribution in [3.63, 3.8) is 0 Å². The van der Waals surface area contributed by atoms with Gasteiger partial charge in [-0.1, -0.05) is 20.8 Å². The molecule has 1 rings (SSSR count). The van der Waals surface area contributed by atoms with Crippen LogP contribution in [0.1, 0.15) is 27.2 Å². The second-order valence-corrected chi connectivity index (χ2v) is 8.54. The average Bonchev–Trinajstić information content (AvgIpc) is 2.23. The van der Waals surface area contributed by atoms with Gasteiger partial charge in [-0.2, -0.15) is 0 Å². The van der Waals surface area contributed by atoms with Crippen LogP contribution in [-0.2, 0) is 18.4 Å². The zero-order valence-electron chi connectivity index (χ0n) is 10.7. The predicted octanol–water partition coefficient (Wildman–Crippen LogP) is 2.08. The van der Waals surface area contributed by atoms with E-state index in [1.807, 2.05) is 6.55 Å². The highest BCUT2D eigenvalue weighted by atomic mass is 28.4. The van der Waals surface area contributed by atoms with Crippen LogP contribution in [-0.4, -0.2) is 34.4 Å². The summed E-state index contributed by atoms with van der Waals surface area (Å²) in [6.07, 6.45) is 0.424. The molecule has 0 aliphatic carbocycles. The van der Waals surface area contributed by atoms with E-state index in [4.69, 9.17) is 13.6 Å². The van der Waals surface area contributed by atoms with Crippen molar-refractivity contribution in [2.75, 3.05) is 19.8 Å². The molecule has 0 spiro atoms. The number of ether oxygens (including phenoxy) is 1. The monoisotopic (exact) mass is 246 g/mol. The molecule has 1 heterocycles. The molecule has 0 aromatic carbocycles. The lowest BCUT2D eigenvalue weighted by Crippen LogP contribution is -2.50. The van der Waals surface area contributed by atoms with Gasteiger partial charge in [0.05, 0.1) is 6.61 Å². The first-order valence-electron chi connectivity index (χ1n) is 5.80. The van der Waals surface area contributed by atoms with Gasteiger partial charge in [0.15, 0.2) is 0 Å². The fourth-order valence-electron chi connectivity index (χ4n) is 1.38. The second-order valence-electron chi connectivity index (χ2n) is 5.20. The van der Waals surface area contributed by atoms with Crippen LogP contribution >= 0.6 is 0 Å². The van der Waals surface area contributed by atoms with Crippen LogP contribution in [0.4, 0.5) is 0 Å². The Bertz CT molecular complexity index is 242. The van der Waals surface area contributed by atoms with Gasteiger partial charge in [0.2, 0.25) is 0 Å². The van der Waals surface area contributed by atoms with Crippen molar-refractivity contribution in [1.29, 1.82) is 0 Å². The Hall–Kier alpha value is -0.393. The quantitative estimate of drug-likeness (QED) is 0.563. The topological polar surface area (TPSA) is 44.8 Å². The third kappa shape index (κ3) is 4.23. The van der Waals surface area contributed by atoms with Gasteiger partial charge in [-0.25, -0.2) is 0 Å². The SMILES string of the molecule is CCC(=O)OCC[Si]1(C)OCC(C)(C)CO1. The highest BCUT2D eigenvalue weighted by Crippen LogP contribution is 2.28. The highest BCUT2D eigenvalue weighted by molar-refractivity contribution is 6.66. The molecule has 1 saturated heterocycles. The fraction of sp³-hybridized carbons (Fsp3) is 0.909. The van der Waals surface area contributed by atoms with Crippen LogP contribution in [0.25, 0.3) is 0 Å². The van der Waals surface area contributed by atoms with E-state index in [-0.39, 0.29) is 11.4 Å². The molecule has 1 aliphatic heterocycles. The van der Waals surface area contributed by atoms with E-state index in [2.05, 4.69) is 13.8 Å². The number of rotatable bonds is 4. The smallest absolute Gasteiger partial charge is 0.338 e. The molecule has 5 heteroatoms. The largest absolute Gasteiger partial charge is 0.466 e. The molecule has 1 fully saturated rings. The molecular weight excluding hydrogens is 224 g/mol. The van der Waals surface area contributed by atoms with Gasteiger partial charge < -0.3 is 13.6 Å². The van der Waals surface area contributed by atoms with Crippen molar-refractivity contribution >= 4 is 14.5 Å². The van der Waals surface area contributed by atoms with Crippen LogP contribution in [0.5, 0.6) is 0 Å². The molecular formula is C11H22O4Si. The summed E-state index contributed by atoms with van der Waals surface area (Å²) in [6.45, 7) is 9.94. The molecule has 0 radical (unpaired) electrons. The maximum Gasteiger partial charge on any atom is 0.338 e. The molecule has 0 N–H and O–H groups in total. The molecule has 0 aromatic heterocycles. The van der Waals surface area contributed by atoms with E-state index in [1.165, 1.54) is 0 Å². The molecule has 0 saturated carbocycles. The minimum absolute atomic E-state index is 0.104. The van der Waals surface area contributed by atoms with E-state index in [0.717, 1.165) is 19.3 Å². The maximum absolute atomic E-state index is 11.0. The van der Waals surface area contributed by atoms with Crippen LogP contribution in [0.15, 0.2) is 0 Å². The summed E-state index contributed by atoms with van der Waals surface area (Å²) in [6, 6.07) is 0.717. The van der Waals surface area contributed by atoms with Crippen molar-refractivity contribution < 1.29 is 18.4 Å². The van der Waals surface area contributed by atoms with Crippen molar-refractivity contribution in [3.05, 3.63) is 0 Å². The molecule has 0 atom stereocenters.